The predicted octanol–water partition coefficient (Wildman–Crippen LogP) is 3.43. The Balaban J connectivity index is 1.76. The van der Waals surface area contributed by atoms with Gasteiger partial charge in [0.1, 0.15) is 36.9 Å². The van der Waals surface area contributed by atoms with Crippen LogP contribution in [-0.2, 0) is 20.4 Å². The monoisotopic (exact) mass is 526 g/mol. The highest BCUT2D eigenvalue weighted by molar-refractivity contribution is 7.80. The second-order valence-electron chi connectivity index (χ2n) is 7.92. The number of aromatic amines is 1. The summed E-state index contributed by atoms with van der Waals surface area (Å²) in [5.74, 6) is 2.87. The maximum Gasteiger partial charge on any atom is 0.423 e. The van der Waals surface area contributed by atoms with E-state index in [1.54, 1.807) is 29.2 Å². The Bertz CT molecular complexity index is 1220. The van der Waals surface area contributed by atoms with E-state index >= 15 is 0 Å². The quantitative estimate of drug-likeness (QED) is 0.288. The van der Waals surface area contributed by atoms with E-state index in [1.807, 2.05) is 6.92 Å². The van der Waals surface area contributed by atoms with Gasteiger partial charge in [-0.2, -0.15) is 13.2 Å². The Kier molecular flexibility index (Phi) is 9.31. The number of hydrogen-bond donors (Lipinski definition) is 1. The van der Waals surface area contributed by atoms with Crippen molar-refractivity contribution in [2.24, 2.45) is 0 Å². The normalized spacial score (nSPS) is 19.6. The molecule has 1 saturated heterocycles. The largest absolute Gasteiger partial charge is 0.493 e. The molecule has 0 unspecified atom stereocenters. The number of unbranched alkanes of at least 4 members (excludes halogenated alkanes) is 1. The molecule has 0 saturated carbocycles. The second-order valence-corrected chi connectivity index (χ2v) is 8.29. The third kappa shape index (κ3) is 6.75. The van der Waals surface area contributed by atoms with Crippen molar-refractivity contribution in [1.82, 2.24) is 9.55 Å². The van der Waals surface area contributed by atoms with Crippen LogP contribution in [0.15, 0.2) is 40.1 Å². The minimum absolute atomic E-state index is 0.0115. The Morgan fingerprint density at radius 3 is 2.78 bits per heavy atom. The fourth-order valence-corrected chi connectivity index (χ4v) is 3.81. The van der Waals surface area contributed by atoms with Crippen molar-refractivity contribution in [3.8, 4) is 18.1 Å². The van der Waals surface area contributed by atoms with Crippen molar-refractivity contribution in [3.05, 3.63) is 62.4 Å². The lowest BCUT2D eigenvalue weighted by Gasteiger charge is -2.20. The van der Waals surface area contributed by atoms with Crippen molar-refractivity contribution in [2.75, 3.05) is 19.8 Å². The van der Waals surface area contributed by atoms with E-state index in [0.29, 0.717) is 28.7 Å². The zero-order valence-electron chi connectivity index (χ0n) is 19.4. The highest BCUT2D eigenvalue weighted by Crippen LogP contribution is 2.32. The minimum atomic E-state index is -4.96. The molecule has 0 bridgehead atoms. The van der Waals surface area contributed by atoms with Crippen LogP contribution in [-0.4, -0.2) is 46.6 Å². The molecule has 2 aromatic rings. The van der Waals surface area contributed by atoms with Gasteiger partial charge in [-0.1, -0.05) is 31.4 Å². The van der Waals surface area contributed by atoms with Gasteiger partial charge in [-0.05, 0) is 30.8 Å². The van der Waals surface area contributed by atoms with E-state index in [2.05, 4.69) is 5.92 Å². The Hall–Kier alpha value is -3.14. The summed E-state index contributed by atoms with van der Waals surface area (Å²) in [6.45, 7) is 2.34. The number of para-hydroxylation sites is 1. The fourth-order valence-electron chi connectivity index (χ4n) is 3.58. The topological polar surface area (TPSA) is 91.8 Å². The number of thiocarbonyl (C=S) groups is 1. The first-order valence-corrected chi connectivity index (χ1v) is 11.6. The van der Waals surface area contributed by atoms with Gasteiger partial charge in [0, 0.05) is 12.6 Å². The third-order valence-corrected chi connectivity index (χ3v) is 5.72. The SMILES string of the molecule is C#CCO[C@H]1C[C@H](n2cc(C(F)(F)F)c(=O)[nH]c2=O)O[C@@H]1COC(=S)c1ccccc1OCCCC. The molecule has 2 heterocycles. The van der Waals surface area contributed by atoms with Gasteiger partial charge in [0.2, 0.25) is 0 Å². The van der Waals surface area contributed by atoms with E-state index in [1.165, 1.54) is 0 Å². The first-order chi connectivity index (χ1) is 17.2. The smallest absolute Gasteiger partial charge is 0.423 e. The van der Waals surface area contributed by atoms with Crippen molar-refractivity contribution >= 4 is 17.3 Å². The number of hydrogen-bond acceptors (Lipinski definition) is 7. The van der Waals surface area contributed by atoms with Crippen molar-refractivity contribution in [3.63, 3.8) is 0 Å². The molecule has 1 aromatic carbocycles. The highest BCUT2D eigenvalue weighted by atomic mass is 32.1. The van der Waals surface area contributed by atoms with Crippen molar-refractivity contribution in [2.45, 2.75) is 50.8 Å². The summed E-state index contributed by atoms with van der Waals surface area (Å²) in [5, 5.41) is 0.130. The van der Waals surface area contributed by atoms with Gasteiger partial charge in [-0.25, -0.2) is 4.79 Å². The first-order valence-electron chi connectivity index (χ1n) is 11.2. The van der Waals surface area contributed by atoms with Gasteiger partial charge < -0.3 is 18.9 Å². The van der Waals surface area contributed by atoms with Gasteiger partial charge >= 0.3 is 11.9 Å². The van der Waals surface area contributed by atoms with Crippen LogP contribution in [0.25, 0.3) is 0 Å². The molecular formula is C24H25F3N2O6S. The number of alkyl halides is 3. The number of terminal acetylenes is 1. The number of nitrogens with zero attached hydrogens (tertiary/aromatic N) is 1. The highest BCUT2D eigenvalue weighted by Gasteiger charge is 2.40. The number of halogens is 3. The molecule has 0 aliphatic carbocycles. The van der Waals surface area contributed by atoms with E-state index in [-0.39, 0.29) is 24.7 Å². The van der Waals surface area contributed by atoms with Crippen molar-refractivity contribution < 1.29 is 32.1 Å². The molecule has 1 fully saturated rings. The maximum absolute atomic E-state index is 13.2. The van der Waals surface area contributed by atoms with Crippen LogP contribution < -0.4 is 16.0 Å². The van der Waals surface area contributed by atoms with Crippen LogP contribution in [0.2, 0.25) is 0 Å². The molecular weight excluding hydrogens is 501 g/mol. The lowest BCUT2D eigenvalue weighted by molar-refractivity contribution is -0.139. The Morgan fingerprint density at radius 2 is 2.08 bits per heavy atom. The van der Waals surface area contributed by atoms with Crippen LogP contribution in [0.5, 0.6) is 5.75 Å². The molecule has 1 aromatic heterocycles. The standard InChI is InChI=1S/C24H25F3N2O6S/c1-3-5-11-33-17-9-7-6-8-15(17)22(36)34-14-19-18(32-10-4-2)12-20(35-19)29-13-16(24(25,26)27)21(30)28-23(29)31/h2,6-9,13,18-20H,3,5,10-12,14H2,1H3,(H,28,30,31)/t18-,19+,20+/m0/s1. The summed E-state index contributed by atoms with van der Waals surface area (Å²) in [5.41, 5.74) is -3.55. The van der Waals surface area contributed by atoms with Crippen molar-refractivity contribution in [1.29, 1.82) is 0 Å². The summed E-state index contributed by atoms with van der Waals surface area (Å²) in [6.07, 6.45) is -0.123. The predicted molar refractivity (Wildman–Crippen MR) is 128 cm³/mol. The van der Waals surface area contributed by atoms with E-state index in [4.69, 9.17) is 37.6 Å². The lowest BCUT2D eigenvalue weighted by atomic mass is 10.1. The average Bonchev–Trinajstić information content (AvgIpc) is 3.23. The van der Waals surface area contributed by atoms with Crippen LogP contribution in [0.4, 0.5) is 13.2 Å². The molecule has 0 amide bonds. The van der Waals surface area contributed by atoms with Gasteiger partial charge in [0.25, 0.3) is 5.56 Å². The molecule has 3 rings (SSSR count). The molecule has 0 radical (unpaired) electrons. The summed E-state index contributed by atoms with van der Waals surface area (Å²) < 4.78 is 63.2. The molecule has 36 heavy (non-hydrogen) atoms. The van der Waals surface area contributed by atoms with E-state index in [0.717, 1.165) is 12.8 Å². The third-order valence-electron chi connectivity index (χ3n) is 5.39. The fraction of sp³-hybridized carbons (Fsp3) is 0.458. The minimum Gasteiger partial charge on any atom is -0.493 e. The molecule has 194 valence electrons. The number of rotatable bonds is 10. The van der Waals surface area contributed by atoms with E-state index in [9.17, 15) is 22.8 Å². The molecule has 1 aliphatic heterocycles. The van der Waals surface area contributed by atoms with Gasteiger partial charge in [-0.3, -0.25) is 14.3 Å². The number of benzene rings is 1. The van der Waals surface area contributed by atoms with Crippen LogP contribution in [0, 0.1) is 12.3 Å². The lowest BCUT2D eigenvalue weighted by Crippen LogP contribution is -2.36. The van der Waals surface area contributed by atoms with Gasteiger partial charge in [0.05, 0.1) is 18.3 Å². The molecule has 3 atom stereocenters. The number of H-pyrrole nitrogens is 1. The molecule has 1 N–H and O–H groups in total. The number of ether oxygens (including phenoxy) is 4. The summed E-state index contributed by atoms with van der Waals surface area (Å²) in [4.78, 5) is 25.6. The number of nitrogens with one attached hydrogen (secondary N) is 1. The summed E-state index contributed by atoms with van der Waals surface area (Å²) in [7, 11) is 0. The zero-order valence-corrected chi connectivity index (χ0v) is 20.2. The Labute approximate surface area is 210 Å². The second kappa shape index (κ2) is 12.2. The van der Waals surface area contributed by atoms with Crippen LogP contribution in [0.1, 0.15) is 43.5 Å². The molecule has 1 aliphatic rings. The average molecular weight is 527 g/mol. The summed E-state index contributed by atoms with van der Waals surface area (Å²) >= 11 is 5.41. The maximum atomic E-state index is 13.2. The number of aromatic nitrogens is 2. The molecule has 12 heteroatoms. The van der Waals surface area contributed by atoms with Crippen LogP contribution >= 0.6 is 12.2 Å². The van der Waals surface area contributed by atoms with E-state index < -0.39 is 41.4 Å². The van der Waals surface area contributed by atoms with Crippen LogP contribution in [0.3, 0.4) is 0 Å². The summed E-state index contributed by atoms with van der Waals surface area (Å²) in [6, 6.07) is 7.09. The molecule has 0 spiro atoms. The zero-order chi connectivity index (χ0) is 26.3. The van der Waals surface area contributed by atoms with Gasteiger partial charge in [0.15, 0.2) is 5.05 Å². The molecule has 8 nitrogen and oxygen atoms in total. The van der Waals surface area contributed by atoms with Gasteiger partial charge in [-0.15, -0.1) is 6.42 Å². The Morgan fingerprint density at radius 1 is 1.33 bits per heavy atom. The first kappa shape index (κ1) is 27.4.